The van der Waals surface area contributed by atoms with Gasteiger partial charge in [0.1, 0.15) is 0 Å². The van der Waals surface area contributed by atoms with E-state index in [0.717, 1.165) is 10.0 Å². The van der Waals surface area contributed by atoms with Crippen molar-refractivity contribution >= 4 is 39.2 Å². The average Bonchev–Trinajstić information content (AvgIpc) is 3.04. The molecule has 0 saturated carbocycles. The lowest BCUT2D eigenvalue weighted by atomic mass is 10.2. The van der Waals surface area contributed by atoms with Crippen molar-refractivity contribution in [2.45, 2.75) is 19.4 Å². The third kappa shape index (κ3) is 4.39. The Kier molecular flexibility index (Phi) is 6.08. The number of carbonyl (C=O) groups is 2. The van der Waals surface area contributed by atoms with Crippen molar-refractivity contribution in [2.75, 3.05) is 31.0 Å². The average molecular weight is 448 g/mol. The summed E-state index contributed by atoms with van der Waals surface area (Å²) < 4.78 is 11.5. The maximum absolute atomic E-state index is 12.4. The number of amides is 3. The highest BCUT2D eigenvalue weighted by Gasteiger charge is 2.32. The van der Waals surface area contributed by atoms with Gasteiger partial charge in [-0.3, -0.25) is 4.79 Å². The summed E-state index contributed by atoms with van der Waals surface area (Å²) >= 11 is 3.43. The Balaban J connectivity index is 1.64. The molecule has 8 heteroatoms. The second-order valence-electron chi connectivity index (χ2n) is 6.51. The van der Waals surface area contributed by atoms with E-state index in [9.17, 15) is 9.59 Å². The molecule has 7 nitrogen and oxygen atoms in total. The lowest BCUT2D eigenvalue weighted by Gasteiger charge is -2.19. The van der Waals surface area contributed by atoms with Crippen LogP contribution in [0.1, 0.15) is 12.0 Å². The van der Waals surface area contributed by atoms with Crippen molar-refractivity contribution in [3.05, 3.63) is 46.4 Å². The topological polar surface area (TPSA) is 79.9 Å². The van der Waals surface area contributed by atoms with Gasteiger partial charge in [-0.05, 0) is 42.8 Å². The van der Waals surface area contributed by atoms with Crippen LogP contribution in [0.4, 0.5) is 16.2 Å². The van der Waals surface area contributed by atoms with Gasteiger partial charge < -0.3 is 25.0 Å². The lowest BCUT2D eigenvalue weighted by molar-refractivity contribution is -0.117. The van der Waals surface area contributed by atoms with Crippen molar-refractivity contribution in [3.8, 4) is 11.5 Å². The molecule has 2 aromatic rings. The summed E-state index contributed by atoms with van der Waals surface area (Å²) in [6, 6.07) is 10.3. The first-order valence-corrected chi connectivity index (χ1v) is 9.56. The molecule has 0 bridgehead atoms. The number of urea groups is 1. The Hall–Kier alpha value is -2.74. The molecule has 1 aliphatic heterocycles. The molecule has 28 heavy (non-hydrogen) atoms. The highest BCUT2D eigenvalue weighted by molar-refractivity contribution is 9.10. The molecule has 1 aliphatic rings. The minimum atomic E-state index is -0.339. The molecule has 0 radical (unpaired) electrons. The van der Waals surface area contributed by atoms with Crippen LogP contribution in [0.25, 0.3) is 0 Å². The zero-order chi connectivity index (χ0) is 20.3. The third-order valence-corrected chi connectivity index (χ3v) is 5.44. The highest BCUT2D eigenvalue weighted by Crippen LogP contribution is 2.33. The van der Waals surface area contributed by atoms with Crippen LogP contribution in [0.5, 0.6) is 11.5 Å². The number of hydrogen-bond acceptors (Lipinski definition) is 4. The molecule has 0 aliphatic carbocycles. The number of aryl methyl sites for hydroxylation is 1. The number of benzene rings is 2. The van der Waals surface area contributed by atoms with Crippen LogP contribution in [0.15, 0.2) is 40.9 Å². The smallest absolute Gasteiger partial charge is 0.319 e. The fraction of sp³-hybridized carbons (Fsp3) is 0.300. The Labute approximate surface area is 172 Å². The largest absolute Gasteiger partial charge is 0.493 e. The molecule has 2 N–H and O–H groups in total. The van der Waals surface area contributed by atoms with E-state index in [0.29, 0.717) is 29.4 Å². The number of nitrogens with one attached hydrogen (secondary N) is 2. The van der Waals surface area contributed by atoms with Crippen LogP contribution < -0.4 is 25.0 Å². The van der Waals surface area contributed by atoms with Crippen LogP contribution in [0.3, 0.4) is 0 Å². The molecule has 3 rings (SSSR count). The fourth-order valence-corrected chi connectivity index (χ4v) is 3.37. The predicted molar refractivity (Wildman–Crippen MR) is 111 cm³/mol. The normalized spacial score (nSPS) is 16.1. The van der Waals surface area contributed by atoms with Crippen molar-refractivity contribution in [1.29, 1.82) is 0 Å². The van der Waals surface area contributed by atoms with Crippen LogP contribution in [-0.4, -0.2) is 38.7 Å². The number of anilines is 2. The number of ether oxygens (including phenoxy) is 2. The van der Waals surface area contributed by atoms with E-state index in [1.54, 1.807) is 37.3 Å². The molecule has 1 fully saturated rings. The van der Waals surface area contributed by atoms with Crippen molar-refractivity contribution in [1.82, 2.24) is 5.32 Å². The number of rotatable bonds is 5. The van der Waals surface area contributed by atoms with Crippen LogP contribution in [0.2, 0.25) is 0 Å². The van der Waals surface area contributed by atoms with Gasteiger partial charge in [-0.25, -0.2) is 4.79 Å². The van der Waals surface area contributed by atoms with E-state index in [1.807, 2.05) is 25.1 Å². The van der Waals surface area contributed by atoms with Gasteiger partial charge in [0.15, 0.2) is 11.5 Å². The Morgan fingerprint density at radius 3 is 2.57 bits per heavy atom. The summed E-state index contributed by atoms with van der Waals surface area (Å²) in [7, 11) is 3.11. The van der Waals surface area contributed by atoms with Gasteiger partial charge in [-0.2, -0.15) is 0 Å². The van der Waals surface area contributed by atoms with E-state index in [-0.39, 0.29) is 24.4 Å². The minimum Gasteiger partial charge on any atom is -0.493 e. The molecule has 148 valence electrons. The Morgan fingerprint density at radius 2 is 1.89 bits per heavy atom. The SMILES string of the molecule is COc1ccc(N2CC(NC(=O)Nc3ccc(Br)c(C)c3)CC2=O)cc1OC. The second kappa shape index (κ2) is 8.52. The van der Waals surface area contributed by atoms with Gasteiger partial charge in [-0.15, -0.1) is 0 Å². The van der Waals surface area contributed by atoms with E-state index >= 15 is 0 Å². The standard InChI is InChI=1S/C20H22BrN3O4/c1-12-8-13(4-6-16(12)21)22-20(26)23-14-9-19(25)24(11-14)15-5-7-17(27-2)18(10-15)28-3/h4-8,10,14H,9,11H2,1-3H3,(H2,22,23,26). The fourth-order valence-electron chi connectivity index (χ4n) is 3.12. The van der Waals surface area contributed by atoms with E-state index in [2.05, 4.69) is 26.6 Å². The first-order valence-electron chi connectivity index (χ1n) is 8.77. The van der Waals surface area contributed by atoms with E-state index in [1.165, 1.54) is 0 Å². The summed E-state index contributed by atoms with van der Waals surface area (Å²) in [5.74, 6) is 1.08. The Bertz CT molecular complexity index is 903. The number of nitrogens with zero attached hydrogens (tertiary/aromatic N) is 1. The molecule has 1 heterocycles. The predicted octanol–water partition coefficient (Wildman–Crippen LogP) is 3.70. The summed E-state index contributed by atoms with van der Waals surface area (Å²) in [6.45, 7) is 2.34. The monoisotopic (exact) mass is 447 g/mol. The van der Waals surface area contributed by atoms with Crippen molar-refractivity contribution in [3.63, 3.8) is 0 Å². The van der Waals surface area contributed by atoms with Gasteiger partial charge in [-0.1, -0.05) is 15.9 Å². The number of hydrogen-bond donors (Lipinski definition) is 2. The van der Waals surface area contributed by atoms with E-state index < -0.39 is 0 Å². The number of carbonyl (C=O) groups excluding carboxylic acids is 2. The maximum atomic E-state index is 12.4. The van der Waals surface area contributed by atoms with Crippen LogP contribution in [-0.2, 0) is 4.79 Å². The van der Waals surface area contributed by atoms with Crippen molar-refractivity contribution < 1.29 is 19.1 Å². The van der Waals surface area contributed by atoms with Gasteiger partial charge >= 0.3 is 6.03 Å². The summed E-state index contributed by atoms with van der Waals surface area (Å²) in [4.78, 5) is 26.4. The summed E-state index contributed by atoms with van der Waals surface area (Å²) in [5, 5.41) is 5.66. The first-order chi connectivity index (χ1) is 13.4. The van der Waals surface area contributed by atoms with Gasteiger partial charge in [0.05, 0.1) is 20.3 Å². The number of halogens is 1. The molecule has 1 unspecified atom stereocenters. The maximum Gasteiger partial charge on any atom is 0.319 e. The summed E-state index contributed by atoms with van der Waals surface area (Å²) in [5.41, 5.74) is 2.42. The Morgan fingerprint density at radius 1 is 1.14 bits per heavy atom. The zero-order valence-corrected chi connectivity index (χ0v) is 17.5. The van der Waals surface area contributed by atoms with Gasteiger partial charge in [0.2, 0.25) is 5.91 Å². The molecule has 0 aromatic heterocycles. The first kappa shape index (κ1) is 20.0. The molecule has 1 atom stereocenters. The minimum absolute atomic E-state index is 0.0583. The number of methoxy groups -OCH3 is 2. The summed E-state index contributed by atoms with van der Waals surface area (Å²) in [6.07, 6.45) is 0.237. The second-order valence-corrected chi connectivity index (χ2v) is 7.36. The molecule has 2 aromatic carbocycles. The molecular weight excluding hydrogens is 426 g/mol. The zero-order valence-electron chi connectivity index (χ0n) is 15.9. The van der Waals surface area contributed by atoms with Crippen LogP contribution in [0, 0.1) is 6.92 Å². The quantitative estimate of drug-likeness (QED) is 0.731. The van der Waals surface area contributed by atoms with Crippen molar-refractivity contribution in [2.24, 2.45) is 0 Å². The lowest BCUT2D eigenvalue weighted by Crippen LogP contribution is -2.39. The molecule has 3 amide bonds. The van der Waals surface area contributed by atoms with Crippen LogP contribution >= 0.6 is 15.9 Å². The van der Waals surface area contributed by atoms with Gasteiger partial charge in [0, 0.05) is 34.9 Å². The highest BCUT2D eigenvalue weighted by atomic mass is 79.9. The molecule has 1 saturated heterocycles. The molecular formula is C20H22BrN3O4. The molecule has 0 spiro atoms. The van der Waals surface area contributed by atoms with Gasteiger partial charge in [0.25, 0.3) is 0 Å². The third-order valence-electron chi connectivity index (χ3n) is 4.55. The van der Waals surface area contributed by atoms with E-state index in [4.69, 9.17) is 9.47 Å².